The SMILES string of the molecule is Cc1nc(COc2ccc(Cl)cc2)sc1C(=O)NC(C)CCC(=O)O. The fourth-order valence-corrected chi connectivity index (χ4v) is 3.11. The van der Waals surface area contributed by atoms with Gasteiger partial charge in [-0.05, 0) is 44.5 Å². The molecule has 0 aliphatic heterocycles. The Balaban J connectivity index is 1.93. The number of carbonyl (C=O) groups is 2. The fraction of sp³-hybridized carbons (Fsp3) is 0.353. The van der Waals surface area contributed by atoms with Crippen molar-refractivity contribution >= 4 is 34.8 Å². The number of carbonyl (C=O) groups excluding carboxylic acids is 1. The number of nitrogens with zero attached hydrogens (tertiary/aromatic N) is 1. The number of benzene rings is 1. The average Bonchev–Trinajstić information content (AvgIpc) is 2.93. The van der Waals surface area contributed by atoms with Gasteiger partial charge in [0.2, 0.25) is 0 Å². The van der Waals surface area contributed by atoms with Crippen molar-refractivity contribution in [2.75, 3.05) is 0 Å². The normalized spacial score (nSPS) is 11.8. The summed E-state index contributed by atoms with van der Waals surface area (Å²) in [6.07, 6.45) is 0.398. The lowest BCUT2D eigenvalue weighted by atomic mass is 10.2. The Labute approximate surface area is 154 Å². The maximum Gasteiger partial charge on any atom is 0.303 e. The first-order chi connectivity index (χ1) is 11.8. The molecule has 1 aromatic carbocycles. The van der Waals surface area contributed by atoms with Gasteiger partial charge < -0.3 is 15.2 Å². The van der Waals surface area contributed by atoms with E-state index in [9.17, 15) is 9.59 Å². The molecule has 0 fully saturated rings. The molecule has 1 heterocycles. The molecular formula is C17H19ClN2O4S. The Morgan fingerprint density at radius 1 is 1.36 bits per heavy atom. The van der Waals surface area contributed by atoms with Gasteiger partial charge in [-0.1, -0.05) is 11.6 Å². The number of carboxylic acids is 1. The number of amides is 1. The second-order valence-corrected chi connectivity index (χ2v) is 7.09. The van der Waals surface area contributed by atoms with Crippen molar-refractivity contribution in [2.24, 2.45) is 0 Å². The van der Waals surface area contributed by atoms with E-state index in [0.29, 0.717) is 32.8 Å². The van der Waals surface area contributed by atoms with Crippen LogP contribution in [0.4, 0.5) is 0 Å². The zero-order valence-electron chi connectivity index (χ0n) is 13.9. The van der Waals surface area contributed by atoms with E-state index < -0.39 is 5.97 Å². The van der Waals surface area contributed by atoms with Gasteiger partial charge in [0.1, 0.15) is 22.2 Å². The van der Waals surface area contributed by atoms with Gasteiger partial charge >= 0.3 is 5.97 Å². The predicted molar refractivity (Wildman–Crippen MR) is 96.4 cm³/mol. The lowest BCUT2D eigenvalue weighted by molar-refractivity contribution is -0.137. The van der Waals surface area contributed by atoms with Gasteiger partial charge in [0.25, 0.3) is 5.91 Å². The standard InChI is InChI=1S/C17H19ClN2O4S/c1-10(3-8-15(21)22)19-17(23)16-11(2)20-14(25-16)9-24-13-6-4-12(18)5-7-13/h4-7,10H,3,8-9H2,1-2H3,(H,19,23)(H,21,22). The number of nitrogens with one attached hydrogen (secondary N) is 1. The van der Waals surface area contributed by atoms with Gasteiger partial charge in [0.15, 0.2) is 0 Å². The Hall–Kier alpha value is -2.12. The highest BCUT2D eigenvalue weighted by Gasteiger charge is 2.17. The number of rotatable bonds is 8. The van der Waals surface area contributed by atoms with Crippen molar-refractivity contribution in [2.45, 2.75) is 39.3 Å². The number of aromatic nitrogens is 1. The predicted octanol–water partition coefficient (Wildman–Crippen LogP) is 3.67. The van der Waals surface area contributed by atoms with Gasteiger partial charge in [0.05, 0.1) is 5.69 Å². The minimum atomic E-state index is -0.878. The second kappa shape index (κ2) is 8.82. The molecule has 134 valence electrons. The van der Waals surface area contributed by atoms with E-state index in [2.05, 4.69) is 10.3 Å². The number of aryl methyl sites for hydroxylation is 1. The topological polar surface area (TPSA) is 88.5 Å². The second-order valence-electron chi connectivity index (χ2n) is 5.57. The van der Waals surface area contributed by atoms with Crippen molar-refractivity contribution in [3.63, 3.8) is 0 Å². The molecule has 25 heavy (non-hydrogen) atoms. The molecule has 0 spiro atoms. The molecule has 1 atom stereocenters. The minimum Gasteiger partial charge on any atom is -0.486 e. The summed E-state index contributed by atoms with van der Waals surface area (Å²) in [4.78, 5) is 27.8. The number of ether oxygens (including phenoxy) is 1. The summed E-state index contributed by atoms with van der Waals surface area (Å²) in [7, 11) is 0. The van der Waals surface area contributed by atoms with Crippen molar-refractivity contribution in [3.8, 4) is 5.75 Å². The number of hydrogen-bond acceptors (Lipinski definition) is 5. The van der Waals surface area contributed by atoms with Crippen molar-refractivity contribution < 1.29 is 19.4 Å². The molecule has 0 radical (unpaired) electrons. The zero-order valence-corrected chi connectivity index (χ0v) is 15.5. The smallest absolute Gasteiger partial charge is 0.303 e. The van der Waals surface area contributed by atoms with Gasteiger partial charge in [-0.25, -0.2) is 4.98 Å². The van der Waals surface area contributed by atoms with Crippen LogP contribution in [0.25, 0.3) is 0 Å². The van der Waals surface area contributed by atoms with E-state index >= 15 is 0 Å². The van der Waals surface area contributed by atoms with E-state index in [1.54, 1.807) is 38.1 Å². The number of carboxylic acid groups (broad SMARTS) is 1. The number of aliphatic carboxylic acids is 1. The highest BCUT2D eigenvalue weighted by atomic mass is 35.5. The third kappa shape index (κ3) is 6.03. The highest BCUT2D eigenvalue weighted by molar-refractivity contribution is 7.13. The monoisotopic (exact) mass is 382 g/mol. The van der Waals surface area contributed by atoms with Crippen molar-refractivity contribution in [1.82, 2.24) is 10.3 Å². The number of hydrogen-bond donors (Lipinski definition) is 2. The molecule has 1 amide bonds. The Morgan fingerprint density at radius 3 is 2.68 bits per heavy atom. The van der Waals surface area contributed by atoms with Crippen LogP contribution in [0.2, 0.25) is 5.02 Å². The van der Waals surface area contributed by atoms with Crippen LogP contribution < -0.4 is 10.1 Å². The van der Waals surface area contributed by atoms with E-state index in [-0.39, 0.29) is 25.0 Å². The largest absolute Gasteiger partial charge is 0.486 e. The van der Waals surface area contributed by atoms with E-state index in [1.165, 1.54) is 11.3 Å². The van der Waals surface area contributed by atoms with Crippen LogP contribution >= 0.6 is 22.9 Å². The van der Waals surface area contributed by atoms with Gasteiger partial charge in [-0.15, -0.1) is 11.3 Å². The molecule has 2 N–H and O–H groups in total. The Kier molecular flexibility index (Phi) is 6.78. The molecule has 2 aromatic rings. The minimum absolute atomic E-state index is 0.0172. The summed E-state index contributed by atoms with van der Waals surface area (Å²) in [6, 6.07) is 6.78. The first kappa shape index (κ1) is 19.2. The van der Waals surface area contributed by atoms with Crippen LogP contribution in [0, 0.1) is 6.92 Å². The summed E-state index contributed by atoms with van der Waals surface area (Å²) in [5.41, 5.74) is 0.627. The summed E-state index contributed by atoms with van der Waals surface area (Å²) in [5, 5.41) is 12.8. The van der Waals surface area contributed by atoms with Crippen LogP contribution in [0.1, 0.15) is 40.1 Å². The molecule has 0 aliphatic carbocycles. The molecule has 2 rings (SSSR count). The molecule has 1 aromatic heterocycles. The molecule has 6 nitrogen and oxygen atoms in total. The summed E-state index contributed by atoms with van der Waals surface area (Å²) < 4.78 is 5.63. The molecule has 0 bridgehead atoms. The third-order valence-corrected chi connectivity index (χ3v) is 4.77. The molecule has 1 unspecified atom stereocenters. The zero-order chi connectivity index (χ0) is 18.4. The van der Waals surface area contributed by atoms with Crippen LogP contribution in [0.3, 0.4) is 0 Å². The van der Waals surface area contributed by atoms with E-state index in [0.717, 1.165) is 0 Å². The van der Waals surface area contributed by atoms with Crippen LogP contribution in [0.5, 0.6) is 5.75 Å². The molecule has 0 saturated carbocycles. The maximum atomic E-state index is 12.3. The van der Waals surface area contributed by atoms with Crippen LogP contribution in [-0.4, -0.2) is 28.0 Å². The van der Waals surface area contributed by atoms with Gasteiger partial charge in [-0.3, -0.25) is 9.59 Å². The molecular weight excluding hydrogens is 364 g/mol. The van der Waals surface area contributed by atoms with Crippen LogP contribution in [0.15, 0.2) is 24.3 Å². The summed E-state index contributed by atoms with van der Waals surface area (Å²) in [6.45, 7) is 3.80. The van der Waals surface area contributed by atoms with Crippen LogP contribution in [-0.2, 0) is 11.4 Å². The fourth-order valence-electron chi connectivity index (χ4n) is 2.10. The molecule has 0 saturated heterocycles. The van der Waals surface area contributed by atoms with E-state index in [4.69, 9.17) is 21.4 Å². The average molecular weight is 383 g/mol. The third-order valence-electron chi connectivity index (χ3n) is 3.39. The summed E-state index contributed by atoms with van der Waals surface area (Å²) >= 11 is 7.09. The molecule has 8 heteroatoms. The van der Waals surface area contributed by atoms with Gasteiger partial charge in [-0.2, -0.15) is 0 Å². The number of thiazole rings is 1. The lowest BCUT2D eigenvalue weighted by Crippen LogP contribution is -2.32. The van der Waals surface area contributed by atoms with Crippen molar-refractivity contribution in [1.29, 1.82) is 0 Å². The summed E-state index contributed by atoms with van der Waals surface area (Å²) in [5.74, 6) is -0.451. The highest BCUT2D eigenvalue weighted by Crippen LogP contribution is 2.21. The first-order valence-electron chi connectivity index (χ1n) is 7.72. The number of halogens is 1. The molecule has 0 aliphatic rings. The maximum absolute atomic E-state index is 12.3. The quantitative estimate of drug-likeness (QED) is 0.727. The van der Waals surface area contributed by atoms with Crippen molar-refractivity contribution in [3.05, 3.63) is 44.9 Å². The van der Waals surface area contributed by atoms with E-state index in [1.807, 2.05) is 0 Å². The van der Waals surface area contributed by atoms with Gasteiger partial charge in [0, 0.05) is 17.5 Å². The lowest BCUT2D eigenvalue weighted by Gasteiger charge is -2.11. The Bertz CT molecular complexity index is 746. The first-order valence-corrected chi connectivity index (χ1v) is 8.92. The Morgan fingerprint density at radius 2 is 2.04 bits per heavy atom.